The van der Waals surface area contributed by atoms with E-state index in [0.717, 1.165) is 10.4 Å². The molecule has 0 aliphatic heterocycles. The van der Waals surface area contributed by atoms with Crippen molar-refractivity contribution in [3.05, 3.63) is 45.2 Å². The molecule has 1 atom stereocenters. The van der Waals surface area contributed by atoms with Gasteiger partial charge in [-0.1, -0.05) is 17.7 Å². The van der Waals surface area contributed by atoms with Crippen molar-refractivity contribution in [2.75, 3.05) is 7.11 Å². The zero-order valence-corrected chi connectivity index (χ0v) is 10.8. The number of rotatable bonds is 4. The Labute approximate surface area is 109 Å². The summed E-state index contributed by atoms with van der Waals surface area (Å²) in [5.74, 6) is 0.567. The van der Waals surface area contributed by atoms with E-state index in [-0.39, 0.29) is 0 Å². The van der Waals surface area contributed by atoms with Crippen molar-refractivity contribution in [3.8, 4) is 5.88 Å². The standard InChI is InChI=1S/C12H12ClNO2S/c1-16-11-3-2-8(7-14-11)6-10(15)12-9(13)4-5-17-12/h2-5,7,10,15H,6H2,1H3. The van der Waals surface area contributed by atoms with Gasteiger partial charge in [-0.2, -0.15) is 0 Å². The molecule has 0 bridgehead atoms. The molecule has 0 amide bonds. The number of aliphatic hydroxyl groups excluding tert-OH is 1. The predicted molar refractivity (Wildman–Crippen MR) is 68.8 cm³/mol. The van der Waals surface area contributed by atoms with Gasteiger partial charge in [0.1, 0.15) is 0 Å². The van der Waals surface area contributed by atoms with Crippen LogP contribution in [0.5, 0.6) is 5.88 Å². The van der Waals surface area contributed by atoms with E-state index >= 15 is 0 Å². The van der Waals surface area contributed by atoms with Crippen molar-refractivity contribution in [1.82, 2.24) is 4.98 Å². The molecular weight excluding hydrogens is 258 g/mol. The first-order valence-corrected chi connectivity index (χ1v) is 6.36. The van der Waals surface area contributed by atoms with E-state index in [4.69, 9.17) is 16.3 Å². The van der Waals surface area contributed by atoms with E-state index in [2.05, 4.69) is 4.98 Å². The quantitative estimate of drug-likeness (QED) is 0.928. The lowest BCUT2D eigenvalue weighted by Gasteiger charge is -2.09. The van der Waals surface area contributed by atoms with Crippen LogP contribution in [0.25, 0.3) is 0 Å². The van der Waals surface area contributed by atoms with Gasteiger partial charge in [-0.3, -0.25) is 0 Å². The van der Waals surface area contributed by atoms with Crippen LogP contribution in [0.2, 0.25) is 5.02 Å². The molecule has 1 unspecified atom stereocenters. The molecule has 5 heteroatoms. The van der Waals surface area contributed by atoms with Crippen LogP contribution in [-0.4, -0.2) is 17.2 Å². The number of hydrogen-bond acceptors (Lipinski definition) is 4. The number of methoxy groups -OCH3 is 1. The SMILES string of the molecule is COc1ccc(CC(O)c2sccc2Cl)cn1. The lowest BCUT2D eigenvalue weighted by atomic mass is 10.1. The summed E-state index contributed by atoms with van der Waals surface area (Å²) >= 11 is 7.42. The second-order valence-electron chi connectivity index (χ2n) is 3.56. The summed E-state index contributed by atoms with van der Waals surface area (Å²) in [6.45, 7) is 0. The fourth-order valence-electron chi connectivity index (χ4n) is 1.51. The van der Waals surface area contributed by atoms with Gasteiger partial charge in [-0.05, 0) is 17.0 Å². The Kier molecular flexibility index (Phi) is 3.99. The largest absolute Gasteiger partial charge is 0.481 e. The zero-order chi connectivity index (χ0) is 12.3. The Morgan fingerprint density at radius 1 is 1.47 bits per heavy atom. The van der Waals surface area contributed by atoms with Crippen LogP contribution in [0.3, 0.4) is 0 Å². The molecule has 1 N–H and O–H groups in total. The highest BCUT2D eigenvalue weighted by Gasteiger charge is 2.13. The summed E-state index contributed by atoms with van der Waals surface area (Å²) in [5.41, 5.74) is 0.947. The third-order valence-corrected chi connectivity index (χ3v) is 3.84. The van der Waals surface area contributed by atoms with Crippen LogP contribution in [0.1, 0.15) is 16.5 Å². The summed E-state index contributed by atoms with van der Waals surface area (Å²) in [7, 11) is 1.57. The summed E-state index contributed by atoms with van der Waals surface area (Å²) < 4.78 is 4.97. The first-order chi connectivity index (χ1) is 8.20. The molecule has 0 aliphatic carbocycles. The first kappa shape index (κ1) is 12.4. The van der Waals surface area contributed by atoms with Gasteiger partial charge in [0.05, 0.1) is 23.1 Å². The maximum atomic E-state index is 10.0. The van der Waals surface area contributed by atoms with E-state index in [1.807, 2.05) is 11.4 Å². The second-order valence-corrected chi connectivity index (χ2v) is 4.92. The van der Waals surface area contributed by atoms with Crippen molar-refractivity contribution in [1.29, 1.82) is 0 Å². The summed E-state index contributed by atoms with van der Waals surface area (Å²) in [5, 5.41) is 12.5. The average molecular weight is 270 g/mol. The smallest absolute Gasteiger partial charge is 0.212 e. The normalized spacial score (nSPS) is 12.4. The number of pyridine rings is 1. The molecule has 2 heterocycles. The monoisotopic (exact) mass is 269 g/mol. The number of aromatic nitrogens is 1. The van der Waals surface area contributed by atoms with Crippen molar-refractivity contribution in [3.63, 3.8) is 0 Å². The van der Waals surface area contributed by atoms with E-state index in [0.29, 0.717) is 17.3 Å². The minimum absolute atomic E-state index is 0.497. The molecule has 0 saturated carbocycles. The maximum absolute atomic E-state index is 10.0. The molecule has 0 aliphatic rings. The minimum Gasteiger partial charge on any atom is -0.481 e. The van der Waals surface area contributed by atoms with Gasteiger partial charge in [-0.25, -0.2) is 4.98 Å². The van der Waals surface area contributed by atoms with Crippen LogP contribution >= 0.6 is 22.9 Å². The third kappa shape index (κ3) is 2.97. The second kappa shape index (κ2) is 5.49. The van der Waals surface area contributed by atoms with Crippen molar-refractivity contribution >= 4 is 22.9 Å². The van der Waals surface area contributed by atoms with Crippen LogP contribution in [0.15, 0.2) is 29.8 Å². The Morgan fingerprint density at radius 2 is 2.29 bits per heavy atom. The number of aliphatic hydroxyl groups is 1. The topological polar surface area (TPSA) is 42.4 Å². The fourth-order valence-corrected chi connectivity index (χ4v) is 2.68. The summed E-state index contributed by atoms with van der Waals surface area (Å²) in [6, 6.07) is 5.45. The fraction of sp³-hybridized carbons (Fsp3) is 0.250. The van der Waals surface area contributed by atoms with Gasteiger partial charge in [0.25, 0.3) is 0 Å². The summed E-state index contributed by atoms with van der Waals surface area (Å²) in [4.78, 5) is 4.89. The minimum atomic E-state index is -0.585. The first-order valence-electron chi connectivity index (χ1n) is 5.10. The van der Waals surface area contributed by atoms with Crippen molar-refractivity contribution in [2.24, 2.45) is 0 Å². The predicted octanol–water partition coefficient (Wildman–Crippen LogP) is 3.08. The lowest BCUT2D eigenvalue weighted by molar-refractivity contribution is 0.182. The molecule has 0 spiro atoms. The highest BCUT2D eigenvalue weighted by molar-refractivity contribution is 7.10. The van der Waals surface area contributed by atoms with Gasteiger partial charge in [0.15, 0.2) is 0 Å². The van der Waals surface area contributed by atoms with Gasteiger partial charge >= 0.3 is 0 Å². The Hall–Kier alpha value is -1.10. The Morgan fingerprint density at radius 3 is 2.82 bits per heavy atom. The van der Waals surface area contributed by atoms with Crippen molar-refractivity contribution in [2.45, 2.75) is 12.5 Å². The number of halogens is 1. The molecule has 2 aromatic rings. The number of nitrogens with zero attached hydrogens (tertiary/aromatic N) is 1. The molecule has 0 aromatic carbocycles. The Balaban J connectivity index is 2.07. The van der Waals surface area contributed by atoms with E-state index < -0.39 is 6.10 Å². The van der Waals surface area contributed by atoms with Gasteiger partial charge < -0.3 is 9.84 Å². The van der Waals surface area contributed by atoms with Crippen LogP contribution < -0.4 is 4.74 Å². The highest BCUT2D eigenvalue weighted by atomic mass is 35.5. The highest BCUT2D eigenvalue weighted by Crippen LogP contribution is 2.30. The van der Waals surface area contributed by atoms with Crippen molar-refractivity contribution < 1.29 is 9.84 Å². The molecule has 0 saturated heterocycles. The summed E-state index contributed by atoms with van der Waals surface area (Å²) in [6.07, 6.45) is 1.61. The molecular formula is C12H12ClNO2S. The van der Waals surface area contributed by atoms with Gasteiger partial charge in [0, 0.05) is 18.7 Å². The van der Waals surface area contributed by atoms with Crippen LogP contribution in [0.4, 0.5) is 0 Å². The van der Waals surface area contributed by atoms with Crippen LogP contribution in [-0.2, 0) is 6.42 Å². The Bertz CT molecular complexity index is 484. The molecule has 2 aromatic heterocycles. The number of thiophene rings is 1. The van der Waals surface area contributed by atoms with Gasteiger partial charge in [-0.15, -0.1) is 11.3 Å². The number of ether oxygens (including phenoxy) is 1. The molecule has 0 radical (unpaired) electrons. The zero-order valence-electron chi connectivity index (χ0n) is 9.26. The van der Waals surface area contributed by atoms with E-state index in [9.17, 15) is 5.11 Å². The van der Waals surface area contributed by atoms with E-state index in [1.165, 1.54) is 11.3 Å². The molecule has 2 rings (SSSR count). The molecule has 0 fully saturated rings. The molecule has 3 nitrogen and oxygen atoms in total. The van der Waals surface area contributed by atoms with E-state index in [1.54, 1.807) is 25.4 Å². The maximum Gasteiger partial charge on any atom is 0.212 e. The third-order valence-electron chi connectivity index (χ3n) is 2.38. The number of hydrogen-bond donors (Lipinski definition) is 1. The average Bonchev–Trinajstić information content (AvgIpc) is 2.76. The van der Waals surface area contributed by atoms with Crippen LogP contribution in [0, 0.1) is 0 Å². The lowest BCUT2D eigenvalue weighted by Crippen LogP contribution is -2.00. The molecule has 17 heavy (non-hydrogen) atoms. The van der Waals surface area contributed by atoms with Gasteiger partial charge in [0.2, 0.25) is 5.88 Å². The molecule has 90 valence electrons.